The van der Waals surface area contributed by atoms with Crippen molar-refractivity contribution in [3.8, 4) is 5.75 Å². The maximum absolute atomic E-state index is 12.7. The number of nitrogens with zero attached hydrogens (tertiary/aromatic N) is 2. The third-order valence-corrected chi connectivity index (χ3v) is 6.98. The topological polar surface area (TPSA) is 91.0 Å². The number of piperidine rings is 2. The summed E-state index contributed by atoms with van der Waals surface area (Å²) in [6, 6.07) is 5.02. The van der Waals surface area contributed by atoms with Crippen LogP contribution in [0.4, 0.5) is 10.5 Å². The highest BCUT2D eigenvalue weighted by atomic mass is 16.5. The van der Waals surface area contributed by atoms with Crippen molar-refractivity contribution in [1.82, 2.24) is 15.5 Å². The summed E-state index contributed by atoms with van der Waals surface area (Å²) in [7, 11) is 0. The van der Waals surface area contributed by atoms with Gasteiger partial charge in [0.25, 0.3) is 5.91 Å². The van der Waals surface area contributed by atoms with Gasteiger partial charge in [0, 0.05) is 32.1 Å². The fourth-order valence-electron chi connectivity index (χ4n) is 5.01. The van der Waals surface area contributed by atoms with Gasteiger partial charge >= 0.3 is 6.03 Å². The van der Waals surface area contributed by atoms with Crippen LogP contribution in [0.3, 0.4) is 0 Å². The van der Waals surface area contributed by atoms with E-state index < -0.39 is 6.03 Å². The molecule has 3 aliphatic rings. The van der Waals surface area contributed by atoms with Gasteiger partial charge in [-0.25, -0.2) is 4.79 Å². The van der Waals surface area contributed by atoms with Crippen molar-refractivity contribution in [2.24, 2.45) is 11.8 Å². The monoisotopic (exact) mass is 442 g/mol. The first-order valence-electron chi connectivity index (χ1n) is 11.8. The molecule has 3 fully saturated rings. The number of anilines is 1. The number of nitrogens with one attached hydrogen (secondary N) is 2. The van der Waals surface area contributed by atoms with Crippen LogP contribution in [-0.2, 0) is 9.59 Å². The molecule has 3 saturated heterocycles. The Balaban J connectivity index is 1.26. The Morgan fingerprint density at radius 3 is 2.50 bits per heavy atom. The Labute approximate surface area is 189 Å². The molecular weight excluding hydrogens is 408 g/mol. The number of carbonyl (C=O) groups excluding carboxylic acids is 3. The Hall–Kier alpha value is -2.61. The van der Waals surface area contributed by atoms with Crippen molar-refractivity contribution < 1.29 is 19.1 Å². The van der Waals surface area contributed by atoms with E-state index in [1.807, 2.05) is 24.0 Å². The molecule has 0 atom stereocenters. The van der Waals surface area contributed by atoms with Gasteiger partial charge in [-0.3, -0.25) is 19.8 Å². The lowest BCUT2D eigenvalue weighted by Crippen LogP contribution is -2.49. The number of hydrogen-bond donors (Lipinski definition) is 2. The molecule has 4 amide bonds. The maximum atomic E-state index is 12.7. The van der Waals surface area contributed by atoms with Crippen LogP contribution < -0.4 is 20.3 Å². The summed E-state index contributed by atoms with van der Waals surface area (Å²) >= 11 is 0. The number of hydrogen-bond acceptors (Lipinski definition) is 5. The average molecular weight is 443 g/mol. The van der Waals surface area contributed by atoms with Crippen LogP contribution >= 0.6 is 0 Å². The van der Waals surface area contributed by atoms with Gasteiger partial charge in [-0.05, 0) is 75.6 Å². The molecule has 3 aliphatic heterocycles. The summed E-state index contributed by atoms with van der Waals surface area (Å²) in [6.07, 6.45) is 6.27. The van der Waals surface area contributed by atoms with Crippen molar-refractivity contribution in [1.29, 1.82) is 0 Å². The van der Waals surface area contributed by atoms with E-state index in [1.165, 1.54) is 19.3 Å². The predicted molar refractivity (Wildman–Crippen MR) is 122 cm³/mol. The van der Waals surface area contributed by atoms with Crippen LogP contribution in [0.15, 0.2) is 18.2 Å². The second-order valence-electron chi connectivity index (χ2n) is 9.25. The lowest BCUT2D eigenvalue weighted by atomic mass is 9.83. The first-order valence-corrected chi connectivity index (χ1v) is 11.8. The zero-order chi connectivity index (χ0) is 22.5. The van der Waals surface area contributed by atoms with Gasteiger partial charge in [0.1, 0.15) is 5.75 Å². The Bertz CT molecular complexity index is 844. The molecule has 32 heavy (non-hydrogen) atoms. The van der Waals surface area contributed by atoms with E-state index in [1.54, 1.807) is 11.0 Å². The second kappa shape index (κ2) is 10.3. The average Bonchev–Trinajstić information content (AvgIpc) is 2.80. The van der Waals surface area contributed by atoms with Crippen molar-refractivity contribution in [3.63, 3.8) is 0 Å². The van der Waals surface area contributed by atoms with Gasteiger partial charge in [0.2, 0.25) is 5.91 Å². The number of ether oxygens (including phenoxy) is 1. The van der Waals surface area contributed by atoms with E-state index in [0.29, 0.717) is 18.0 Å². The molecule has 0 aliphatic carbocycles. The number of rotatable bonds is 6. The molecule has 0 bridgehead atoms. The molecule has 0 aromatic heterocycles. The highest BCUT2D eigenvalue weighted by Gasteiger charge is 2.27. The normalized spacial score (nSPS) is 20.9. The lowest BCUT2D eigenvalue weighted by molar-refractivity contribution is -0.134. The molecule has 8 heteroatoms. The number of urea groups is 1. The van der Waals surface area contributed by atoms with Crippen LogP contribution in [0, 0.1) is 18.8 Å². The molecule has 0 saturated carbocycles. The highest BCUT2D eigenvalue weighted by molar-refractivity contribution is 6.06. The largest absolute Gasteiger partial charge is 0.484 e. The summed E-state index contributed by atoms with van der Waals surface area (Å²) in [6.45, 7) is 6.12. The van der Waals surface area contributed by atoms with Crippen molar-refractivity contribution >= 4 is 23.5 Å². The fourth-order valence-corrected chi connectivity index (χ4v) is 5.01. The first-order chi connectivity index (χ1) is 15.5. The Morgan fingerprint density at radius 1 is 1.06 bits per heavy atom. The van der Waals surface area contributed by atoms with Gasteiger partial charge in [0.15, 0.2) is 6.61 Å². The quantitative estimate of drug-likeness (QED) is 0.706. The number of imide groups is 1. The van der Waals surface area contributed by atoms with E-state index in [0.717, 1.165) is 56.4 Å². The van der Waals surface area contributed by atoms with Crippen molar-refractivity contribution in [2.75, 3.05) is 44.2 Å². The molecule has 1 aromatic carbocycles. The number of amides is 4. The lowest BCUT2D eigenvalue weighted by Gasteiger charge is -2.34. The summed E-state index contributed by atoms with van der Waals surface area (Å²) in [4.78, 5) is 39.7. The van der Waals surface area contributed by atoms with E-state index in [4.69, 9.17) is 4.74 Å². The van der Waals surface area contributed by atoms with E-state index in [9.17, 15) is 14.4 Å². The number of aryl methyl sites for hydroxylation is 1. The molecular formula is C24H34N4O4. The number of carbonyl (C=O) groups is 3. The van der Waals surface area contributed by atoms with E-state index in [-0.39, 0.29) is 24.8 Å². The standard InChI is InChI=1S/C24H34N4O4/c1-17-2-3-20(15-21(17)28-13-8-22(29)26-24(28)31)32-16-23(30)27-11-6-19(7-12-27)14-18-4-9-25-10-5-18/h2-3,15,18-19,25H,4-14,16H2,1H3,(H,26,29,31). The maximum Gasteiger partial charge on any atom is 0.328 e. The Kier molecular flexibility index (Phi) is 7.29. The van der Waals surface area contributed by atoms with Crippen LogP contribution in [0.5, 0.6) is 5.75 Å². The number of likely N-dealkylation sites (tertiary alicyclic amines) is 1. The molecule has 2 N–H and O–H groups in total. The second-order valence-corrected chi connectivity index (χ2v) is 9.25. The van der Waals surface area contributed by atoms with Gasteiger partial charge in [-0.15, -0.1) is 0 Å². The van der Waals surface area contributed by atoms with Gasteiger partial charge < -0.3 is 15.0 Å². The summed E-state index contributed by atoms with van der Waals surface area (Å²) in [5.41, 5.74) is 1.60. The minimum Gasteiger partial charge on any atom is -0.484 e. The van der Waals surface area contributed by atoms with Crippen molar-refractivity contribution in [3.05, 3.63) is 23.8 Å². The molecule has 8 nitrogen and oxygen atoms in total. The highest BCUT2D eigenvalue weighted by Crippen LogP contribution is 2.29. The SMILES string of the molecule is Cc1ccc(OCC(=O)N2CCC(CC3CCNCC3)CC2)cc1N1CCC(=O)NC1=O. The smallest absolute Gasteiger partial charge is 0.328 e. The van der Waals surface area contributed by atoms with E-state index in [2.05, 4.69) is 10.6 Å². The molecule has 4 rings (SSSR count). The number of benzene rings is 1. The summed E-state index contributed by atoms with van der Waals surface area (Å²) in [5, 5.41) is 5.77. The Morgan fingerprint density at radius 2 is 1.78 bits per heavy atom. The van der Waals surface area contributed by atoms with Gasteiger partial charge in [0.05, 0.1) is 5.69 Å². The van der Waals surface area contributed by atoms with Gasteiger partial charge in [-0.1, -0.05) is 6.07 Å². The van der Waals surface area contributed by atoms with Gasteiger partial charge in [-0.2, -0.15) is 0 Å². The zero-order valence-corrected chi connectivity index (χ0v) is 18.9. The summed E-state index contributed by atoms with van der Waals surface area (Å²) < 4.78 is 5.79. The summed E-state index contributed by atoms with van der Waals surface area (Å²) in [5.74, 6) is 1.85. The van der Waals surface area contributed by atoms with Crippen LogP contribution in [0.2, 0.25) is 0 Å². The first kappa shape index (κ1) is 22.6. The zero-order valence-electron chi connectivity index (χ0n) is 18.9. The van der Waals surface area contributed by atoms with Crippen molar-refractivity contribution in [2.45, 2.75) is 45.4 Å². The fraction of sp³-hybridized carbons (Fsp3) is 0.625. The minimum atomic E-state index is -0.426. The third kappa shape index (κ3) is 5.59. The molecule has 1 aromatic rings. The molecule has 174 valence electrons. The molecule has 0 spiro atoms. The minimum absolute atomic E-state index is 0.00779. The van der Waals surface area contributed by atoms with E-state index >= 15 is 0 Å². The van der Waals surface area contributed by atoms with Crippen LogP contribution in [-0.4, -0.2) is 62.1 Å². The molecule has 3 heterocycles. The van der Waals surface area contributed by atoms with Crippen LogP contribution in [0.1, 0.15) is 44.1 Å². The third-order valence-electron chi connectivity index (χ3n) is 6.98. The predicted octanol–water partition coefficient (Wildman–Crippen LogP) is 2.45. The molecule has 0 unspecified atom stereocenters. The van der Waals surface area contributed by atoms with Crippen LogP contribution in [0.25, 0.3) is 0 Å². The molecule has 0 radical (unpaired) electrons.